The van der Waals surface area contributed by atoms with Crippen molar-refractivity contribution in [2.45, 2.75) is 6.54 Å². The van der Waals surface area contributed by atoms with Gasteiger partial charge >= 0.3 is 0 Å². The Bertz CT molecular complexity index is 732. The van der Waals surface area contributed by atoms with E-state index in [1.807, 2.05) is 0 Å². The molecule has 7 nitrogen and oxygen atoms in total. The number of halogens is 1. The molecule has 0 saturated heterocycles. The van der Waals surface area contributed by atoms with Crippen molar-refractivity contribution < 1.29 is 18.1 Å². The fraction of sp³-hybridized carbons (Fsp3) is 0.154. The van der Waals surface area contributed by atoms with Crippen LogP contribution >= 0.6 is 0 Å². The third-order valence-electron chi connectivity index (χ3n) is 2.74. The largest absolute Gasteiger partial charge is 0.461 e. The van der Waals surface area contributed by atoms with Crippen LogP contribution in [-0.2, 0) is 6.54 Å². The molecule has 0 aliphatic rings. The molecule has 0 radical (unpaired) electrons. The van der Waals surface area contributed by atoms with E-state index in [1.165, 1.54) is 23.2 Å². The number of nitrogens with zero attached hydrogens (tertiary/aromatic N) is 3. The number of hydrogen-bond donors (Lipinski definition) is 1. The number of furan rings is 1. The highest BCUT2D eigenvalue weighted by atomic mass is 19.1. The molecule has 3 aromatic rings. The maximum Gasteiger partial charge on any atom is 0.273 e. The molecule has 0 fully saturated rings. The zero-order valence-electron chi connectivity index (χ0n) is 10.8. The summed E-state index contributed by atoms with van der Waals surface area (Å²) in [7, 11) is 0. The number of rotatable bonds is 5. The standard InChI is InChI=1S/C13H11FN4O3/c14-9-7-16-18(8-9)4-3-15-13(19)10-6-12(21-17-10)11-2-1-5-20-11/h1-2,5-8H,3-4H2,(H,15,19). The summed E-state index contributed by atoms with van der Waals surface area (Å²) in [6, 6.07) is 4.90. The predicted octanol–water partition coefficient (Wildman–Crippen LogP) is 1.70. The normalized spacial score (nSPS) is 10.7. The van der Waals surface area contributed by atoms with Gasteiger partial charge in [-0.3, -0.25) is 9.48 Å². The van der Waals surface area contributed by atoms with Crippen molar-refractivity contribution in [3.63, 3.8) is 0 Å². The van der Waals surface area contributed by atoms with Crippen LogP contribution in [-0.4, -0.2) is 27.4 Å². The molecule has 1 N–H and O–H groups in total. The van der Waals surface area contributed by atoms with Gasteiger partial charge in [0.15, 0.2) is 17.3 Å². The van der Waals surface area contributed by atoms with Gasteiger partial charge in [0.1, 0.15) is 0 Å². The Balaban J connectivity index is 1.56. The number of carbonyl (C=O) groups excluding carboxylic acids is 1. The number of aromatic nitrogens is 3. The first-order valence-electron chi connectivity index (χ1n) is 6.19. The second-order valence-corrected chi connectivity index (χ2v) is 4.23. The van der Waals surface area contributed by atoms with Gasteiger partial charge in [0, 0.05) is 12.6 Å². The van der Waals surface area contributed by atoms with Crippen LogP contribution in [0.4, 0.5) is 4.39 Å². The number of nitrogens with one attached hydrogen (secondary N) is 1. The number of amides is 1. The second-order valence-electron chi connectivity index (χ2n) is 4.23. The lowest BCUT2D eigenvalue weighted by atomic mass is 10.3. The molecule has 0 bridgehead atoms. The van der Waals surface area contributed by atoms with E-state index in [0.717, 1.165) is 6.20 Å². The van der Waals surface area contributed by atoms with Gasteiger partial charge < -0.3 is 14.3 Å². The van der Waals surface area contributed by atoms with E-state index in [2.05, 4.69) is 15.6 Å². The smallest absolute Gasteiger partial charge is 0.273 e. The first-order valence-corrected chi connectivity index (χ1v) is 6.19. The van der Waals surface area contributed by atoms with Crippen LogP contribution in [0.2, 0.25) is 0 Å². The van der Waals surface area contributed by atoms with Gasteiger partial charge in [-0.2, -0.15) is 5.10 Å². The minimum absolute atomic E-state index is 0.146. The van der Waals surface area contributed by atoms with Gasteiger partial charge in [-0.15, -0.1) is 0 Å². The Morgan fingerprint density at radius 3 is 3.05 bits per heavy atom. The van der Waals surface area contributed by atoms with Crippen LogP contribution in [0.1, 0.15) is 10.5 Å². The number of carbonyl (C=O) groups is 1. The quantitative estimate of drug-likeness (QED) is 0.773. The molecule has 8 heteroatoms. The molecule has 0 saturated carbocycles. The van der Waals surface area contributed by atoms with Gasteiger partial charge in [-0.05, 0) is 12.1 Å². The van der Waals surface area contributed by atoms with Crippen LogP contribution < -0.4 is 5.32 Å². The molecule has 0 aliphatic carbocycles. The van der Waals surface area contributed by atoms with E-state index in [9.17, 15) is 9.18 Å². The molecule has 0 atom stereocenters. The maximum absolute atomic E-state index is 12.7. The summed E-state index contributed by atoms with van der Waals surface area (Å²) in [6.45, 7) is 0.654. The molecule has 21 heavy (non-hydrogen) atoms. The van der Waals surface area contributed by atoms with Crippen LogP contribution in [0.15, 0.2) is 45.8 Å². The summed E-state index contributed by atoms with van der Waals surface area (Å²) < 4.78 is 24.3. The fourth-order valence-electron chi connectivity index (χ4n) is 1.75. The molecule has 3 rings (SSSR count). The van der Waals surface area contributed by atoms with E-state index in [1.54, 1.807) is 12.1 Å². The molecule has 108 valence electrons. The highest BCUT2D eigenvalue weighted by Gasteiger charge is 2.14. The predicted molar refractivity (Wildman–Crippen MR) is 68.7 cm³/mol. The summed E-state index contributed by atoms with van der Waals surface area (Å²) in [4.78, 5) is 11.9. The molecule has 0 aliphatic heterocycles. The molecule has 3 heterocycles. The molecule has 3 aromatic heterocycles. The zero-order valence-corrected chi connectivity index (χ0v) is 10.8. The lowest BCUT2D eigenvalue weighted by Gasteiger charge is -2.02. The summed E-state index contributed by atoms with van der Waals surface area (Å²) in [5, 5.41) is 10.1. The molecule has 0 unspecified atom stereocenters. The Morgan fingerprint density at radius 2 is 2.33 bits per heavy atom. The van der Waals surface area contributed by atoms with E-state index >= 15 is 0 Å². The van der Waals surface area contributed by atoms with E-state index in [-0.39, 0.29) is 11.6 Å². The van der Waals surface area contributed by atoms with E-state index in [4.69, 9.17) is 8.94 Å². The minimum Gasteiger partial charge on any atom is -0.461 e. The topological polar surface area (TPSA) is 86.1 Å². The van der Waals surface area contributed by atoms with Gasteiger partial charge in [0.05, 0.1) is 25.2 Å². The van der Waals surface area contributed by atoms with Crippen molar-refractivity contribution >= 4 is 5.91 Å². The van der Waals surface area contributed by atoms with Crippen LogP contribution in [0.3, 0.4) is 0 Å². The van der Waals surface area contributed by atoms with Gasteiger partial charge in [0.2, 0.25) is 5.76 Å². The molecular formula is C13H11FN4O3. The lowest BCUT2D eigenvalue weighted by Crippen LogP contribution is -2.27. The highest BCUT2D eigenvalue weighted by molar-refractivity contribution is 5.92. The van der Waals surface area contributed by atoms with Crippen LogP contribution in [0.5, 0.6) is 0 Å². The summed E-state index contributed by atoms with van der Waals surface area (Å²) in [5.74, 6) is 0.0676. The minimum atomic E-state index is -0.416. The van der Waals surface area contributed by atoms with Crippen molar-refractivity contribution in [3.05, 3.63) is 48.4 Å². The van der Waals surface area contributed by atoms with Crippen molar-refractivity contribution in [1.29, 1.82) is 0 Å². The van der Waals surface area contributed by atoms with Crippen molar-refractivity contribution in [3.8, 4) is 11.5 Å². The SMILES string of the molecule is O=C(NCCn1cc(F)cn1)c1cc(-c2ccco2)on1. The van der Waals surface area contributed by atoms with E-state index in [0.29, 0.717) is 24.6 Å². The Morgan fingerprint density at radius 1 is 1.43 bits per heavy atom. The first-order chi connectivity index (χ1) is 10.2. The molecule has 0 aromatic carbocycles. The molecule has 1 amide bonds. The summed E-state index contributed by atoms with van der Waals surface area (Å²) in [6.07, 6.45) is 3.85. The van der Waals surface area contributed by atoms with Crippen molar-refractivity contribution in [1.82, 2.24) is 20.3 Å². The average Bonchev–Trinajstić information content (AvgIpc) is 3.19. The Hall–Kier alpha value is -2.90. The Kier molecular flexibility index (Phi) is 3.50. The highest BCUT2D eigenvalue weighted by Crippen LogP contribution is 2.20. The van der Waals surface area contributed by atoms with Crippen LogP contribution in [0.25, 0.3) is 11.5 Å². The molecular weight excluding hydrogens is 279 g/mol. The van der Waals surface area contributed by atoms with Crippen molar-refractivity contribution in [2.24, 2.45) is 0 Å². The summed E-state index contributed by atoms with van der Waals surface area (Å²) >= 11 is 0. The number of hydrogen-bond acceptors (Lipinski definition) is 5. The average molecular weight is 290 g/mol. The molecule has 0 spiro atoms. The zero-order chi connectivity index (χ0) is 14.7. The third-order valence-corrected chi connectivity index (χ3v) is 2.74. The Labute approximate surface area is 118 Å². The first kappa shape index (κ1) is 13.1. The van der Waals surface area contributed by atoms with Gasteiger partial charge in [-0.1, -0.05) is 5.16 Å². The third kappa shape index (κ3) is 2.99. The van der Waals surface area contributed by atoms with Crippen LogP contribution in [0, 0.1) is 5.82 Å². The van der Waals surface area contributed by atoms with Crippen molar-refractivity contribution in [2.75, 3.05) is 6.54 Å². The van der Waals surface area contributed by atoms with E-state index < -0.39 is 5.82 Å². The van der Waals surface area contributed by atoms with Gasteiger partial charge in [-0.25, -0.2) is 4.39 Å². The second kappa shape index (κ2) is 5.61. The summed E-state index contributed by atoms with van der Waals surface area (Å²) in [5.41, 5.74) is 0.146. The van der Waals surface area contributed by atoms with Gasteiger partial charge in [0.25, 0.3) is 5.91 Å². The monoisotopic (exact) mass is 290 g/mol. The lowest BCUT2D eigenvalue weighted by molar-refractivity contribution is 0.0943. The fourth-order valence-corrected chi connectivity index (χ4v) is 1.75. The maximum atomic E-state index is 12.7.